The summed E-state index contributed by atoms with van der Waals surface area (Å²) in [5, 5.41) is 11.3. The average Bonchev–Trinajstić information content (AvgIpc) is 2.90. The fraction of sp³-hybridized carbons (Fsp3) is 0. The van der Waals surface area contributed by atoms with Crippen LogP contribution in [0.2, 0.25) is 5.02 Å². The van der Waals surface area contributed by atoms with E-state index in [1.54, 1.807) is 9.20 Å². The molecule has 0 spiro atoms. The maximum atomic E-state index is 5.93. The van der Waals surface area contributed by atoms with Crippen molar-refractivity contribution in [2.24, 2.45) is 0 Å². The molecule has 0 atom stereocenters. The van der Waals surface area contributed by atoms with E-state index in [2.05, 4.69) is 38.5 Å². The number of benzene rings is 2. The van der Waals surface area contributed by atoms with E-state index in [0.29, 0.717) is 5.02 Å². The molecule has 0 unspecified atom stereocenters. The Morgan fingerprint density at radius 2 is 1.90 bits per heavy atom. The van der Waals surface area contributed by atoms with Gasteiger partial charge in [0.15, 0.2) is 5.21 Å². The van der Waals surface area contributed by atoms with E-state index in [4.69, 9.17) is 11.6 Å². The lowest BCUT2D eigenvalue weighted by Gasteiger charge is -1.99. The third-order valence-electron chi connectivity index (χ3n) is 3.37. The van der Waals surface area contributed by atoms with E-state index in [1.807, 2.05) is 42.6 Å². The molecule has 21 heavy (non-hydrogen) atoms. The molecule has 0 aliphatic heterocycles. The van der Waals surface area contributed by atoms with Crippen molar-refractivity contribution in [3.05, 3.63) is 64.2 Å². The first-order valence-electron chi connectivity index (χ1n) is 6.34. The van der Waals surface area contributed by atoms with Gasteiger partial charge in [-0.2, -0.15) is 0 Å². The maximum absolute atomic E-state index is 5.93. The van der Waals surface area contributed by atoms with Crippen molar-refractivity contribution in [1.82, 2.24) is 15.1 Å². The van der Waals surface area contributed by atoms with Crippen molar-refractivity contribution in [3.8, 4) is 5.69 Å². The predicted molar refractivity (Wildman–Crippen MR) is 84.7 cm³/mol. The van der Waals surface area contributed by atoms with Crippen molar-refractivity contribution in [1.29, 1.82) is 0 Å². The van der Waals surface area contributed by atoms with Gasteiger partial charge in [-0.1, -0.05) is 39.7 Å². The molecule has 2 heterocycles. The number of hydrogen-bond donors (Lipinski definition) is 0. The van der Waals surface area contributed by atoms with Crippen LogP contribution in [0.4, 0.5) is 0 Å². The number of nitrogens with zero attached hydrogens (tertiary/aromatic N) is 4. The number of aromatic nitrogens is 4. The zero-order valence-electron chi connectivity index (χ0n) is 10.7. The molecule has 0 aliphatic carbocycles. The molecule has 0 bridgehead atoms. The molecular formula is C15H9BrClN4+. The molecule has 4 rings (SSSR count). The second-order valence-electron chi connectivity index (χ2n) is 4.69. The fourth-order valence-corrected chi connectivity index (χ4v) is 2.94. The Labute approximate surface area is 133 Å². The van der Waals surface area contributed by atoms with Gasteiger partial charge in [-0.3, -0.25) is 0 Å². The predicted octanol–water partition coefficient (Wildman–Crippen LogP) is 3.58. The highest BCUT2D eigenvalue weighted by Crippen LogP contribution is 2.23. The first kappa shape index (κ1) is 12.7. The third-order valence-corrected chi connectivity index (χ3v) is 4.31. The largest absolute Gasteiger partial charge is 0.292 e. The van der Waals surface area contributed by atoms with Gasteiger partial charge in [0.05, 0.1) is 0 Å². The summed E-state index contributed by atoms with van der Waals surface area (Å²) >= 11 is 9.49. The van der Waals surface area contributed by atoms with Crippen LogP contribution in [-0.4, -0.2) is 15.1 Å². The zero-order valence-corrected chi connectivity index (χ0v) is 13.1. The number of tetrazole rings is 1. The van der Waals surface area contributed by atoms with Gasteiger partial charge in [0.25, 0.3) is 5.65 Å². The highest BCUT2D eigenvalue weighted by atomic mass is 79.9. The minimum atomic E-state index is 0.699. The summed E-state index contributed by atoms with van der Waals surface area (Å²) in [6.07, 6.45) is 1.97. The lowest BCUT2D eigenvalue weighted by molar-refractivity contribution is -0.580. The topological polar surface area (TPSA) is 34.8 Å². The minimum Gasteiger partial charge on any atom is -0.104 e. The van der Waals surface area contributed by atoms with Gasteiger partial charge in [0.2, 0.25) is 0 Å². The van der Waals surface area contributed by atoms with Gasteiger partial charge in [-0.25, -0.2) is 0 Å². The second kappa shape index (κ2) is 4.79. The van der Waals surface area contributed by atoms with Gasteiger partial charge >= 0.3 is 0 Å². The van der Waals surface area contributed by atoms with E-state index in [1.165, 1.54) is 0 Å². The van der Waals surface area contributed by atoms with Crippen LogP contribution in [-0.2, 0) is 0 Å². The number of pyridine rings is 1. The van der Waals surface area contributed by atoms with Crippen LogP contribution in [0.5, 0.6) is 0 Å². The molecule has 4 aromatic rings. The summed E-state index contributed by atoms with van der Waals surface area (Å²) in [6, 6.07) is 15.7. The Hall–Kier alpha value is -1.98. The Bertz CT molecular complexity index is 963. The Kier molecular flexibility index (Phi) is 2.90. The summed E-state index contributed by atoms with van der Waals surface area (Å²) in [4.78, 5) is 0. The van der Waals surface area contributed by atoms with Crippen molar-refractivity contribution in [3.63, 3.8) is 0 Å². The van der Waals surface area contributed by atoms with Gasteiger partial charge in [-0.05, 0) is 40.4 Å². The number of hydrogen-bond acceptors (Lipinski definition) is 2. The molecule has 0 saturated heterocycles. The first-order valence-corrected chi connectivity index (χ1v) is 7.51. The zero-order chi connectivity index (χ0) is 14.4. The molecule has 0 saturated carbocycles. The van der Waals surface area contributed by atoms with Gasteiger partial charge in [0, 0.05) is 20.9 Å². The molecule has 2 aromatic heterocycles. The van der Waals surface area contributed by atoms with Crippen molar-refractivity contribution in [2.75, 3.05) is 0 Å². The lowest BCUT2D eigenvalue weighted by Crippen LogP contribution is -2.23. The van der Waals surface area contributed by atoms with E-state index in [-0.39, 0.29) is 0 Å². The summed E-state index contributed by atoms with van der Waals surface area (Å²) in [5.41, 5.74) is 1.81. The number of fused-ring (bicyclic) bond motifs is 2. The monoisotopic (exact) mass is 359 g/mol. The smallest absolute Gasteiger partial charge is 0.104 e. The average molecular weight is 361 g/mol. The number of halogens is 2. The second-order valence-corrected chi connectivity index (χ2v) is 5.98. The molecular weight excluding hydrogens is 352 g/mol. The Morgan fingerprint density at radius 1 is 1.10 bits per heavy atom. The van der Waals surface area contributed by atoms with Crippen LogP contribution in [0.25, 0.3) is 22.1 Å². The van der Waals surface area contributed by atoms with Crippen LogP contribution in [0, 0.1) is 0 Å². The van der Waals surface area contributed by atoms with Crippen molar-refractivity contribution in [2.45, 2.75) is 0 Å². The van der Waals surface area contributed by atoms with Crippen LogP contribution in [0.3, 0.4) is 0 Å². The van der Waals surface area contributed by atoms with E-state index < -0.39 is 0 Å². The highest BCUT2D eigenvalue weighted by Gasteiger charge is 2.17. The third kappa shape index (κ3) is 2.09. The highest BCUT2D eigenvalue weighted by molar-refractivity contribution is 9.10. The first-order chi connectivity index (χ1) is 10.2. The molecule has 4 nitrogen and oxygen atoms in total. The normalized spacial score (nSPS) is 11.3. The Morgan fingerprint density at radius 3 is 2.71 bits per heavy atom. The maximum Gasteiger partial charge on any atom is 0.292 e. The molecule has 6 heteroatoms. The van der Waals surface area contributed by atoms with Crippen molar-refractivity contribution >= 4 is 44.0 Å². The van der Waals surface area contributed by atoms with E-state index >= 15 is 0 Å². The van der Waals surface area contributed by atoms with Gasteiger partial charge in [-0.15, -0.1) is 4.52 Å². The summed E-state index contributed by atoms with van der Waals surface area (Å²) in [7, 11) is 0. The summed E-state index contributed by atoms with van der Waals surface area (Å²) < 4.78 is 4.59. The van der Waals surface area contributed by atoms with Crippen molar-refractivity contribution < 1.29 is 4.52 Å². The SMILES string of the molecule is Clc1ccc(-n2nn[n+]3cc4c(Br)cccc4cc23)cc1. The van der Waals surface area contributed by atoms with Crippen LogP contribution >= 0.6 is 27.5 Å². The molecule has 0 N–H and O–H groups in total. The molecule has 0 aliphatic rings. The standard InChI is InChI=1S/C15H9BrClN4/c16-14-3-1-2-10-8-15-20(9-13(10)14)18-19-21(15)12-6-4-11(17)5-7-12/h1-9H/q+1. The fourth-order valence-electron chi connectivity index (χ4n) is 2.33. The van der Waals surface area contributed by atoms with Gasteiger partial charge < -0.3 is 0 Å². The molecule has 102 valence electrons. The van der Waals surface area contributed by atoms with E-state index in [0.717, 1.165) is 26.6 Å². The van der Waals surface area contributed by atoms with Crippen LogP contribution < -0.4 is 4.52 Å². The molecule has 2 aromatic carbocycles. The number of rotatable bonds is 1. The molecule has 0 fully saturated rings. The minimum absolute atomic E-state index is 0.699. The Balaban J connectivity index is 2.01. The molecule has 0 radical (unpaired) electrons. The lowest BCUT2D eigenvalue weighted by atomic mass is 10.2. The van der Waals surface area contributed by atoms with Crippen LogP contribution in [0.1, 0.15) is 0 Å². The summed E-state index contributed by atoms with van der Waals surface area (Å²) in [6.45, 7) is 0. The molecule has 0 amide bonds. The quantitative estimate of drug-likeness (QED) is 0.486. The summed E-state index contributed by atoms with van der Waals surface area (Å²) in [5.74, 6) is 0. The van der Waals surface area contributed by atoms with E-state index in [9.17, 15) is 0 Å². The van der Waals surface area contributed by atoms with Crippen LogP contribution in [0.15, 0.2) is 59.2 Å². The van der Waals surface area contributed by atoms with Gasteiger partial charge in [0.1, 0.15) is 17.1 Å².